The second kappa shape index (κ2) is 9.27. The van der Waals surface area contributed by atoms with Crippen molar-refractivity contribution in [1.29, 1.82) is 0 Å². The average Bonchev–Trinajstić information content (AvgIpc) is 3.10. The molecular formula is C24H22Cl2N4O2. The van der Waals surface area contributed by atoms with E-state index in [1.165, 1.54) is 6.92 Å². The first kappa shape index (κ1) is 22.2. The molecule has 164 valence electrons. The van der Waals surface area contributed by atoms with Crippen molar-refractivity contribution in [2.75, 3.05) is 5.32 Å². The van der Waals surface area contributed by atoms with E-state index in [2.05, 4.69) is 10.3 Å². The van der Waals surface area contributed by atoms with Gasteiger partial charge >= 0.3 is 5.97 Å². The van der Waals surface area contributed by atoms with Crippen LogP contribution in [-0.4, -0.2) is 20.9 Å². The zero-order valence-corrected chi connectivity index (χ0v) is 19.5. The molecule has 0 radical (unpaired) electrons. The second-order valence-electron chi connectivity index (χ2n) is 7.35. The van der Waals surface area contributed by atoms with Crippen molar-refractivity contribution in [3.05, 3.63) is 74.8 Å². The molecule has 1 atom stereocenters. The van der Waals surface area contributed by atoms with Crippen LogP contribution in [0.3, 0.4) is 0 Å². The van der Waals surface area contributed by atoms with Gasteiger partial charge in [-0.1, -0.05) is 61.3 Å². The SMILES string of the molecule is CCc1nc(-c2ncc(Cl)cc2Cl)c(CC)nc1N[C@H]1C(OC(C)=O)=Cc2ccccc21. The summed E-state index contributed by atoms with van der Waals surface area (Å²) in [6.45, 7) is 5.40. The van der Waals surface area contributed by atoms with Gasteiger partial charge in [-0.25, -0.2) is 9.97 Å². The Balaban J connectivity index is 1.77. The molecule has 8 heteroatoms. The normalized spacial score (nSPS) is 14.7. The summed E-state index contributed by atoms with van der Waals surface area (Å²) < 4.78 is 5.50. The first-order valence-corrected chi connectivity index (χ1v) is 11.1. The number of fused-ring (bicyclic) bond motifs is 1. The highest BCUT2D eigenvalue weighted by atomic mass is 35.5. The van der Waals surface area contributed by atoms with Gasteiger partial charge in [0.2, 0.25) is 0 Å². The Kier molecular flexibility index (Phi) is 6.44. The fourth-order valence-electron chi connectivity index (χ4n) is 3.73. The van der Waals surface area contributed by atoms with Crippen molar-refractivity contribution >= 4 is 41.1 Å². The van der Waals surface area contributed by atoms with E-state index in [9.17, 15) is 4.79 Å². The van der Waals surface area contributed by atoms with E-state index in [4.69, 9.17) is 37.9 Å². The molecule has 4 rings (SSSR count). The second-order valence-corrected chi connectivity index (χ2v) is 8.20. The molecule has 3 aromatic rings. The number of nitrogens with one attached hydrogen (secondary N) is 1. The fourth-order valence-corrected chi connectivity index (χ4v) is 4.20. The number of carbonyl (C=O) groups is 1. The van der Waals surface area contributed by atoms with Crippen LogP contribution in [0.1, 0.15) is 49.3 Å². The summed E-state index contributed by atoms with van der Waals surface area (Å²) >= 11 is 12.4. The Labute approximate surface area is 196 Å². The summed E-state index contributed by atoms with van der Waals surface area (Å²) in [7, 11) is 0. The molecular weight excluding hydrogens is 447 g/mol. The molecule has 0 saturated heterocycles. The summed E-state index contributed by atoms with van der Waals surface area (Å²) in [4.78, 5) is 25.8. The van der Waals surface area contributed by atoms with Crippen LogP contribution in [0, 0.1) is 0 Å². The maximum absolute atomic E-state index is 11.7. The number of pyridine rings is 1. The number of aromatic nitrogens is 3. The standard InChI is InChI=1S/C24H22Cl2N4O2/c1-4-18-23(22-17(26)11-15(25)12-27-22)28-19(5-2)24(29-18)30-21-16-9-7-6-8-14(16)10-20(21)32-13(3)31/h6-12,21H,4-5H2,1-3H3,(H,29,30)/t21-/m1/s1. The highest BCUT2D eigenvalue weighted by Crippen LogP contribution is 2.38. The van der Waals surface area contributed by atoms with Gasteiger partial charge < -0.3 is 10.1 Å². The lowest BCUT2D eigenvalue weighted by atomic mass is 10.1. The smallest absolute Gasteiger partial charge is 0.307 e. The van der Waals surface area contributed by atoms with E-state index in [1.54, 1.807) is 12.3 Å². The van der Waals surface area contributed by atoms with Gasteiger partial charge in [-0.3, -0.25) is 9.78 Å². The molecule has 0 aliphatic heterocycles. The molecule has 1 aliphatic carbocycles. The van der Waals surface area contributed by atoms with Gasteiger partial charge in [0.25, 0.3) is 0 Å². The number of benzene rings is 1. The van der Waals surface area contributed by atoms with Crippen LogP contribution in [-0.2, 0) is 22.4 Å². The molecule has 2 aromatic heterocycles. The molecule has 1 aromatic carbocycles. The number of hydrogen-bond donors (Lipinski definition) is 1. The van der Waals surface area contributed by atoms with Gasteiger partial charge in [0.15, 0.2) is 0 Å². The van der Waals surface area contributed by atoms with Gasteiger partial charge in [0.05, 0.1) is 21.4 Å². The molecule has 0 fully saturated rings. The summed E-state index contributed by atoms with van der Waals surface area (Å²) in [5.74, 6) is 0.802. The van der Waals surface area contributed by atoms with Gasteiger partial charge in [0, 0.05) is 13.1 Å². The third-order valence-electron chi connectivity index (χ3n) is 5.17. The van der Waals surface area contributed by atoms with Gasteiger partial charge in [-0.2, -0.15) is 0 Å². The molecule has 0 amide bonds. The number of hydrogen-bond acceptors (Lipinski definition) is 6. The number of rotatable bonds is 6. The van der Waals surface area contributed by atoms with Crippen molar-refractivity contribution in [3.8, 4) is 11.4 Å². The maximum Gasteiger partial charge on any atom is 0.307 e. The largest absolute Gasteiger partial charge is 0.429 e. The van der Waals surface area contributed by atoms with E-state index in [-0.39, 0.29) is 12.0 Å². The van der Waals surface area contributed by atoms with Crippen LogP contribution < -0.4 is 5.32 Å². The predicted molar refractivity (Wildman–Crippen MR) is 127 cm³/mol. The molecule has 2 heterocycles. The van der Waals surface area contributed by atoms with Crippen molar-refractivity contribution < 1.29 is 9.53 Å². The van der Waals surface area contributed by atoms with Crippen LogP contribution in [0.2, 0.25) is 10.0 Å². The van der Waals surface area contributed by atoms with E-state index in [0.717, 1.165) is 22.5 Å². The van der Waals surface area contributed by atoms with Crippen LogP contribution in [0.25, 0.3) is 17.5 Å². The van der Waals surface area contributed by atoms with Gasteiger partial charge in [-0.05, 0) is 36.1 Å². The van der Waals surface area contributed by atoms with E-state index < -0.39 is 0 Å². The number of anilines is 1. The number of carbonyl (C=O) groups excluding carboxylic acids is 1. The molecule has 1 N–H and O–H groups in total. The number of aryl methyl sites for hydroxylation is 2. The minimum Gasteiger partial charge on any atom is -0.429 e. The van der Waals surface area contributed by atoms with Gasteiger partial charge in [0.1, 0.15) is 29.0 Å². The third-order valence-corrected chi connectivity index (χ3v) is 5.67. The molecule has 32 heavy (non-hydrogen) atoms. The molecule has 0 spiro atoms. The van der Waals surface area contributed by atoms with Crippen molar-refractivity contribution in [1.82, 2.24) is 15.0 Å². The lowest BCUT2D eigenvalue weighted by molar-refractivity contribution is -0.137. The van der Waals surface area contributed by atoms with E-state index >= 15 is 0 Å². The minimum atomic E-state index is -0.370. The quantitative estimate of drug-likeness (QED) is 0.444. The first-order chi connectivity index (χ1) is 15.4. The average molecular weight is 469 g/mol. The Morgan fingerprint density at radius 2 is 1.84 bits per heavy atom. The lowest BCUT2D eigenvalue weighted by Gasteiger charge is -2.21. The number of halogens is 2. The van der Waals surface area contributed by atoms with Crippen LogP contribution in [0.4, 0.5) is 5.82 Å². The van der Waals surface area contributed by atoms with Crippen LogP contribution in [0.15, 0.2) is 42.3 Å². The zero-order chi connectivity index (χ0) is 22.8. The Bertz CT molecular complexity index is 1230. The van der Waals surface area contributed by atoms with Crippen molar-refractivity contribution in [2.24, 2.45) is 0 Å². The van der Waals surface area contributed by atoms with Crippen LogP contribution >= 0.6 is 23.2 Å². The minimum absolute atomic E-state index is 0.345. The molecule has 0 bridgehead atoms. The third kappa shape index (κ3) is 4.33. The number of ether oxygens (including phenoxy) is 1. The zero-order valence-electron chi connectivity index (χ0n) is 17.9. The monoisotopic (exact) mass is 468 g/mol. The maximum atomic E-state index is 11.7. The van der Waals surface area contributed by atoms with Crippen molar-refractivity contribution in [3.63, 3.8) is 0 Å². The number of nitrogens with zero attached hydrogens (tertiary/aromatic N) is 3. The van der Waals surface area contributed by atoms with E-state index in [0.29, 0.717) is 45.9 Å². The summed E-state index contributed by atoms with van der Waals surface area (Å²) in [6, 6.07) is 9.21. The highest BCUT2D eigenvalue weighted by Gasteiger charge is 2.29. The van der Waals surface area contributed by atoms with Crippen molar-refractivity contribution in [2.45, 2.75) is 39.7 Å². The summed E-state index contributed by atoms with van der Waals surface area (Å²) in [5.41, 5.74) is 4.71. The number of esters is 1. The first-order valence-electron chi connectivity index (χ1n) is 10.4. The highest BCUT2D eigenvalue weighted by molar-refractivity contribution is 6.36. The Morgan fingerprint density at radius 3 is 2.53 bits per heavy atom. The lowest BCUT2D eigenvalue weighted by Crippen LogP contribution is -2.18. The molecule has 6 nitrogen and oxygen atoms in total. The predicted octanol–water partition coefficient (Wildman–Crippen LogP) is 6.04. The molecule has 0 saturated carbocycles. The Hall–Kier alpha value is -2.96. The summed E-state index contributed by atoms with van der Waals surface area (Å²) in [5, 5.41) is 4.34. The molecule has 1 aliphatic rings. The van der Waals surface area contributed by atoms with Gasteiger partial charge in [-0.15, -0.1) is 0 Å². The fraction of sp³-hybridized carbons (Fsp3) is 0.250. The van der Waals surface area contributed by atoms with Crippen LogP contribution in [0.5, 0.6) is 0 Å². The topological polar surface area (TPSA) is 77.0 Å². The van der Waals surface area contributed by atoms with E-state index in [1.807, 2.05) is 44.2 Å². The Morgan fingerprint density at radius 1 is 1.09 bits per heavy atom. The summed E-state index contributed by atoms with van der Waals surface area (Å²) in [6.07, 6.45) is 4.70. The molecule has 0 unspecified atom stereocenters.